The van der Waals surface area contributed by atoms with Gasteiger partial charge in [0.2, 0.25) is 0 Å². The Bertz CT molecular complexity index is 581. The summed E-state index contributed by atoms with van der Waals surface area (Å²) < 4.78 is 0.701. The van der Waals surface area contributed by atoms with E-state index in [2.05, 4.69) is 26.2 Å². The van der Waals surface area contributed by atoms with Gasteiger partial charge in [-0.05, 0) is 52.7 Å². The summed E-state index contributed by atoms with van der Waals surface area (Å²) in [6, 6.07) is 8.69. The molecule has 1 heterocycles. The van der Waals surface area contributed by atoms with Gasteiger partial charge in [0.25, 0.3) is 5.91 Å². The lowest BCUT2D eigenvalue weighted by Crippen LogP contribution is -2.13. The highest BCUT2D eigenvalue weighted by Gasteiger charge is 2.08. The summed E-state index contributed by atoms with van der Waals surface area (Å²) in [7, 11) is 0. The maximum atomic E-state index is 11.9. The van der Waals surface area contributed by atoms with Gasteiger partial charge < -0.3 is 11.1 Å². The smallest absolute Gasteiger partial charge is 0.256 e. The van der Waals surface area contributed by atoms with Crippen LogP contribution in [0.3, 0.4) is 0 Å². The number of aryl methyl sites for hydroxylation is 1. The summed E-state index contributed by atoms with van der Waals surface area (Å²) in [6.45, 7) is 1.94. The average molecular weight is 306 g/mol. The number of nitrogens with one attached hydrogen (secondary N) is 1. The van der Waals surface area contributed by atoms with Crippen molar-refractivity contribution >= 4 is 33.3 Å². The van der Waals surface area contributed by atoms with Crippen molar-refractivity contribution in [1.82, 2.24) is 4.98 Å². The fourth-order valence-corrected chi connectivity index (χ4v) is 1.78. The van der Waals surface area contributed by atoms with E-state index < -0.39 is 0 Å². The van der Waals surface area contributed by atoms with Gasteiger partial charge in [0.1, 0.15) is 5.82 Å². The molecule has 0 atom stereocenters. The maximum Gasteiger partial charge on any atom is 0.256 e. The number of nitrogens with two attached hydrogens (primary N) is 1. The Balaban J connectivity index is 2.16. The van der Waals surface area contributed by atoms with Crippen LogP contribution in [0.25, 0.3) is 0 Å². The average Bonchev–Trinajstić information content (AvgIpc) is 2.35. The van der Waals surface area contributed by atoms with Gasteiger partial charge in [-0.15, -0.1) is 0 Å². The number of aromatic nitrogens is 1. The van der Waals surface area contributed by atoms with Gasteiger partial charge in [-0.1, -0.05) is 6.07 Å². The summed E-state index contributed by atoms with van der Waals surface area (Å²) >= 11 is 3.29. The fraction of sp³-hybridized carbons (Fsp3) is 0.0769. The maximum absolute atomic E-state index is 11.9. The highest BCUT2D eigenvalue weighted by molar-refractivity contribution is 9.10. The topological polar surface area (TPSA) is 68.0 Å². The first kappa shape index (κ1) is 12.6. The van der Waals surface area contributed by atoms with E-state index in [-0.39, 0.29) is 5.91 Å². The lowest BCUT2D eigenvalue weighted by molar-refractivity contribution is 0.102. The first-order valence-electron chi connectivity index (χ1n) is 5.35. The van der Waals surface area contributed by atoms with Crippen molar-refractivity contribution in [2.75, 3.05) is 11.1 Å². The summed E-state index contributed by atoms with van der Waals surface area (Å²) in [6.07, 6.45) is 1.70. The van der Waals surface area contributed by atoms with Gasteiger partial charge in [-0.2, -0.15) is 0 Å². The third-order valence-corrected chi connectivity index (χ3v) is 3.10. The van der Waals surface area contributed by atoms with Crippen molar-refractivity contribution in [2.24, 2.45) is 0 Å². The van der Waals surface area contributed by atoms with Crippen LogP contribution in [0.4, 0.5) is 11.5 Å². The molecule has 18 heavy (non-hydrogen) atoms. The van der Waals surface area contributed by atoms with E-state index in [0.29, 0.717) is 21.5 Å². The minimum Gasteiger partial charge on any atom is -0.398 e. The van der Waals surface area contributed by atoms with Crippen molar-refractivity contribution in [3.63, 3.8) is 0 Å². The zero-order valence-corrected chi connectivity index (χ0v) is 11.4. The SMILES string of the molecule is Cc1ccc(NC(=O)c2ccc(N)c(Br)c2)nc1. The molecule has 0 fully saturated rings. The van der Waals surface area contributed by atoms with Crippen LogP contribution in [0.1, 0.15) is 15.9 Å². The molecule has 2 aromatic rings. The molecule has 0 saturated carbocycles. The van der Waals surface area contributed by atoms with E-state index >= 15 is 0 Å². The number of anilines is 2. The number of carbonyl (C=O) groups is 1. The molecule has 0 aliphatic carbocycles. The Kier molecular flexibility index (Phi) is 3.62. The molecule has 1 amide bonds. The summed E-state index contributed by atoms with van der Waals surface area (Å²) in [5.74, 6) is 0.311. The molecule has 0 saturated heterocycles. The minimum absolute atomic E-state index is 0.216. The molecule has 1 aromatic carbocycles. The van der Waals surface area contributed by atoms with Gasteiger partial charge >= 0.3 is 0 Å². The van der Waals surface area contributed by atoms with E-state index in [1.807, 2.05) is 13.0 Å². The molecule has 0 aliphatic rings. The van der Waals surface area contributed by atoms with E-state index in [1.54, 1.807) is 30.5 Å². The predicted octanol–water partition coefficient (Wildman–Crippen LogP) is 2.99. The first-order chi connectivity index (χ1) is 8.56. The van der Waals surface area contributed by atoms with Crippen molar-refractivity contribution in [3.05, 3.63) is 52.1 Å². The molecule has 0 unspecified atom stereocenters. The van der Waals surface area contributed by atoms with Gasteiger partial charge in [0.15, 0.2) is 0 Å². The zero-order chi connectivity index (χ0) is 13.1. The highest BCUT2D eigenvalue weighted by atomic mass is 79.9. The molecular formula is C13H12BrN3O. The molecule has 92 valence electrons. The Morgan fingerprint density at radius 2 is 2.11 bits per heavy atom. The predicted molar refractivity (Wildman–Crippen MR) is 75.5 cm³/mol. The van der Waals surface area contributed by atoms with Crippen LogP contribution in [0.15, 0.2) is 41.0 Å². The van der Waals surface area contributed by atoms with E-state index in [0.717, 1.165) is 5.56 Å². The fourth-order valence-electron chi connectivity index (χ4n) is 1.40. The number of hydrogen-bond donors (Lipinski definition) is 2. The quantitative estimate of drug-likeness (QED) is 0.838. The number of nitrogens with zero attached hydrogens (tertiary/aromatic N) is 1. The summed E-state index contributed by atoms with van der Waals surface area (Å²) in [5, 5.41) is 2.72. The van der Waals surface area contributed by atoms with Gasteiger partial charge in [-0.25, -0.2) is 4.98 Å². The second-order valence-corrected chi connectivity index (χ2v) is 4.77. The number of pyridine rings is 1. The van der Waals surface area contributed by atoms with Crippen LogP contribution < -0.4 is 11.1 Å². The molecule has 1 aromatic heterocycles. The molecule has 3 N–H and O–H groups in total. The number of carbonyl (C=O) groups excluding carboxylic acids is 1. The first-order valence-corrected chi connectivity index (χ1v) is 6.14. The largest absolute Gasteiger partial charge is 0.398 e. The molecule has 2 rings (SSSR count). The number of rotatable bonds is 2. The summed E-state index contributed by atoms with van der Waals surface area (Å²) in [4.78, 5) is 16.1. The second kappa shape index (κ2) is 5.18. The standard InChI is InChI=1S/C13H12BrN3O/c1-8-2-5-12(16-7-8)17-13(18)9-3-4-11(15)10(14)6-9/h2-7H,15H2,1H3,(H,16,17,18). The number of benzene rings is 1. The molecule has 0 radical (unpaired) electrons. The Labute approximate surface area is 113 Å². The van der Waals surface area contributed by atoms with Crippen LogP contribution >= 0.6 is 15.9 Å². The number of hydrogen-bond acceptors (Lipinski definition) is 3. The second-order valence-electron chi connectivity index (χ2n) is 3.91. The van der Waals surface area contributed by atoms with Crippen LogP contribution in [0, 0.1) is 6.92 Å². The monoisotopic (exact) mass is 305 g/mol. The third-order valence-electron chi connectivity index (χ3n) is 2.42. The lowest BCUT2D eigenvalue weighted by Gasteiger charge is -2.06. The lowest BCUT2D eigenvalue weighted by atomic mass is 10.2. The molecule has 0 aliphatic heterocycles. The summed E-state index contributed by atoms with van der Waals surface area (Å²) in [5.41, 5.74) is 7.84. The van der Waals surface area contributed by atoms with E-state index in [4.69, 9.17) is 5.73 Å². The molecule has 4 nitrogen and oxygen atoms in total. The highest BCUT2D eigenvalue weighted by Crippen LogP contribution is 2.20. The van der Waals surface area contributed by atoms with Crippen LogP contribution in [-0.4, -0.2) is 10.9 Å². The number of amides is 1. The number of halogens is 1. The normalized spacial score (nSPS) is 10.1. The zero-order valence-electron chi connectivity index (χ0n) is 9.77. The van der Waals surface area contributed by atoms with Crippen LogP contribution in [-0.2, 0) is 0 Å². The van der Waals surface area contributed by atoms with Crippen molar-refractivity contribution in [2.45, 2.75) is 6.92 Å². The van der Waals surface area contributed by atoms with Crippen molar-refractivity contribution in [3.8, 4) is 0 Å². The van der Waals surface area contributed by atoms with E-state index in [1.165, 1.54) is 0 Å². The van der Waals surface area contributed by atoms with Gasteiger partial charge in [-0.3, -0.25) is 4.79 Å². The van der Waals surface area contributed by atoms with Gasteiger partial charge in [0, 0.05) is 21.9 Å². The van der Waals surface area contributed by atoms with E-state index in [9.17, 15) is 4.79 Å². The Morgan fingerprint density at radius 3 is 2.72 bits per heavy atom. The Morgan fingerprint density at radius 1 is 1.33 bits per heavy atom. The van der Waals surface area contributed by atoms with Crippen LogP contribution in [0.2, 0.25) is 0 Å². The van der Waals surface area contributed by atoms with Crippen LogP contribution in [0.5, 0.6) is 0 Å². The van der Waals surface area contributed by atoms with Gasteiger partial charge in [0.05, 0.1) is 0 Å². The molecular weight excluding hydrogens is 294 g/mol. The minimum atomic E-state index is -0.216. The van der Waals surface area contributed by atoms with Crippen molar-refractivity contribution in [1.29, 1.82) is 0 Å². The number of nitrogen functional groups attached to an aromatic ring is 1. The molecule has 0 bridgehead atoms. The van der Waals surface area contributed by atoms with Crippen molar-refractivity contribution < 1.29 is 4.79 Å². The molecule has 5 heteroatoms. The Hall–Kier alpha value is -1.88. The molecule has 0 spiro atoms. The third kappa shape index (κ3) is 2.87.